The van der Waals surface area contributed by atoms with Gasteiger partial charge in [0.25, 0.3) is 0 Å². The maximum absolute atomic E-state index is 13.1. The number of rotatable bonds is 5. The third kappa shape index (κ3) is 6.77. The Bertz CT molecular complexity index is 656. The lowest BCUT2D eigenvalue weighted by Gasteiger charge is -2.18. The highest BCUT2D eigenvalue weighted by molar-refractivity contribution is 14.0. The number of halogens is 2. The zero-order valence-corrected chi connectivity index (χ0v) is 17.2. The van der Waals surface area contributed by atoms with Gasteiger partial charge in [-0.1, -0.05) is 13.0 Å². The topological polar surface area (TPSA) is 85.8 Å². The van der Waals surface area contributed by atoms with Crippen molar-refractivity contribution in [3.63, 3.8) is 0 Å². The number of benzene rings is 1. The molecule has 1 aromatic carbocycles. The second kappa shape index (κ2) is 10.9. The largest absolute Gasteiger partial charge is 0.352 e. The Morgan fingerprint density at radius 2 is 2.15 bits per heavy atom. The molecular formula is C17H25FIN5O2. The lowest BCUT2D eigenvalue weighted by Crippen LogP contribution is -2.47. The molecule has 2 rings (SSSR count). The first-order valence-corrected chi connectivity index (χ1v) is 8.32. The van der Waals surface area contributed by atoms with E-state index >= 15 is 0 Å². The average Bonchev–Trinajstić information content (AvgIpc) is 3.06. The van der Waals surface area contributed by atoms with Crippen LogP contribution in [0, 0.1) is 5.82 Å². The number of amides is 2. The molecule has 0 spiro atoms. The first kappa shape index (κ1) is 22.1. The summed E-state index contributed by atoms with van der Waals surface area (Å²) in [6.45, 7) is 3.20. The summed E-state index contributed by atoms with van der Waals surface area (Å²) in [6.07, 6.45) is 1.34. The minimum Gasteiger partial charge on any atom is -0.352 e. The van der Waals surface area contributed by atoms with Gasteiger partial charge in [-0.05, 0) is 24.6 Å². The summed E-state index contributed by atoms with van der Waals surface area (Å²) in [5.74, 6) is -0.0784. The molecule has 144 valence electrons. The highest BCUT2D eigenvalue weighted by Gasteiger charge is 2.25. The number of hydrogen-bond acceptors (Lipinski definition) is 3. The lowest BCUT2D eigenvalue weighted by atomic mass is 10.3. The second-order valence-corrected chi connectivity index (χ2v) is 5.81. The van der Waals surface area contributed by atoms with Gasteiger partial charge in [0, 0.05) is 38.3 Å². The molecule has 3 N–H and O–H groups in total. The van der Waals surface area contributed by atoms with E-state index in [0.717, 1.165) is 13.0 Å². The molecule has 1 unspecified atom stereocenters. The van der Waals surface area contributed by atoms with Crippen LogP contribution in [0.3, 0.4) is 0 Å². The number of guanidine groups is 1. The summed E-state index contributed by atoms with van der Waals surface area (Å²) in [4.78, 5) is 29.5. The standard InChI is InChI=1S/C17H24FN5O2.HI/c1-3-16(25)23-8-7-14(11-23)22-17(19-2)20-10-15(24)21-13-6-4-5-12(18)9-13;/h4-6,9,14H,3,7-8,10-11H2,1-2H3,(H,21,24)(H2,19,20,22);1H. The van der Waals surface area contributed by atoms with Crippen LogP contribution in [0.4, 0.5) is 10.1 Å². The third-order valence-corrected chi connectivity index (χ3v) is 3.93. The predicted octanol–water partition coefficient (Wildman–Crippen LogP) is 1.56. The van der Waals surface area contributed by atoms with Crippen molar-refractivity contribution in [3.05, 3.63) is 30.1 Å². The Balaban J connectivity index is 0.00000338. The van der Waals surface area contributed by atoms with Gasteiger partial charge in [-0.15, -0.1) is 24.0 Å². The summed E-state index contributed by atoms with van der Waals surface area (Å²) >= 11 is 0. The van der Waals surface area contributed by atoms with E-state index in [1.807, 2.05) is 11.8 Å². The van der Waals surface area contributed by atoms with Crippen LogP contribution in [0.2, 0.25) is 0 Å². The van der Waals surface area contributed by atoms with Crippen LogP contribution >= 0.6 is 24.0 Å². The van der Waals surface area contributed by atoms with Crippen molar-refractivity contribution >= 4 is 47.4 Å². The van der Waals surface area contributed by atoms with Crippen LogP contribution in [0.25, 0.3) is 0 Å². The molecule has 0 aliphatic carbocycles. The summed E-state index contributed by atoms with van der Waals surface area (Å²) in [7, 11) is 1.61. The van der Waals surface area contributed by atoms with Gasteiger partial charge >= 0.3 is 0 Å². The van der Waals surface area contributed by atoms with Crippen LogP contribution in [-0.2, 0) is 9.59 Å². The van der Waals surface area contributed by atoms with E-state index in [1.54, 1.807) is 13.1 Å². The molecule has 2 amide bonds. The number of carbonyl (C=O) groups excluding carboxylic acids is 2. The number of aliphatic imine (C=N–C) groups is 1. The summed E-state index contributed by atoms with van der Waals surface area (Å²) < 4.78 is 13.1. The molecule has 1 fully saturated rings. The fourth-order valence-electron chi connectivity index (χ4n) is 2.65. The maximum Gasteiger partial charge on any atom is 0.243 e. The first-order chi connectivity index (χ1) is 12.0. The van der Waals surface area contributed by atoms with E-state index in [0.29, 0.717) is 24.6 Å². The summed E-state index contributed by atoms with van der Waals surface area (Å²) in [5, 5.41) is 8.73. The van der Waals surface area contributed by atoms with Crippen LogP contribution in [0.1, 0.15) is 19.8 Å². The van der Waals surface area contributed by atoms with E-state index in [9.17, 15) is 14.0 Å². The van der Waals surface area contributed by atoms with Gasteiger partial charge < -0.3 is 20.9 Å². The maximum atomic E-state index is 13.1. The van der Waals surface area contributed by atoms with Crippen molar-refractivity contribution in [2.75, 3.05) is 32.0 Å². The SMILES string of the molecule is CCC(=O)N1CCC(NC(=NC)NCC(=O)Nc2cccc(F)c2)C1.I. The van der Waals surface area contributed by atoms with Gasteiger partial charge in [0.05, 0.1) is 6.54 Å². The quantitative estimate of drug-likeness (QED) is 0.342. The fraction of sp³-hybridized carbons (Fsp3) is 0.471. The molecular weight excluding hydrogens is 452 g/mol. The predicted molar refractivity (Wildman–Crippen MR) is 110 cm³/mol. The van der Waals surface area contributed by atoms with E-state index in [4.69, 9.17) is 0 Å². The van der Waals surface area contributed by atoms with E-state index in [2.05, 4.69) is 20.9 Å². The molecule has 0 radical (unpaired) electrons. The molecule has 1 aromatic rings. The van der Waals surface area contributed by atoms with Crippen molar-refractivity contribution < 1.29 is 14.0 Å². The molecule has 1 saturated heterocycles. The molecule has 0 saturated carbocycles. The molecule has 0 aromatic heterocycles. The Labute approximate surface area is 169 Å². The monoisotopic (exact) mass is 477 g/mol. The number of nitrogens with one attached hydrogen (secondary N) is 3. The fourth-order valence-corrected chi connectivity index (χ4v) is 2.65. The smallest absolute Gasteiger partial charge is 0.243 e. The summed E-state index contributed by atoms with van der Waals surface area (Å²) in [5.41, 5.74) is 0.402. The minimum absolute atomic E-state index is 0. The second-order valence-electron chi connectivity index (χ2n) is 5.81. The van der Waals surface area contributed by atoms with Gasteiger partial charge in [-0.3, -0.25) is 14.6 Å². The van der Waals surface area contributed by atoms with Gasteiger partial charge in [-0.25, -0.2) is 4.39 Å². The Kier molecular flexibility index (Phi) is 9.31. The molecule has 26 heavy (non-hydrogen) atoms. The molecule has 1 aliphatic rings. The number of carbonyl (C=O) groups is 2. The molecule has 1 atom stereocenters. The first-order valence-electron chi connectivity index (χ1n) is 8.32. The Morgan fingerprint density at radius 1 is 1.38 bits per heavy atom. The summed E-state index contributed by atoms with van der Waals surface area (Å²) in [6, 6.07) is 5.82. The van der Waals surface area contributed by atoms with Crippen LogP contribution < -0.4 is 16.0 Å². The van der Waals surface area contributed by atoms with Gasteiger partial charge in [0.15, 0.2) is 5.96 Å². The minimum atomic E-state index is -0.407. The highest BCUT2D eigenvalue weighted by atomic mass is 127. The molecule has 9 heteroatoms. The zero-order chi connectivity index (χ0) is 18.2. The molecule has 0 bridgehead atoms. The lowest BCUT2D eigenvalue weighted by molar-refractivity contribution is -0.129. The van der Waals surface area contributed by atoms with Gasteiger partial charge in [-0.2, -0.15) is 0 Å². The van der Waals surface area contributed by atoms with E-state index in [1.165, 1.54) is 18.2 Å². The third-order valence-electron chi connectivity index (χ3n) is 3.93. The average molecular weight is 477 g/mol. The molecule has 1 heterocycles. The van der Waals surface area contributed by atoms with Crippen molar-refractivity contribution in [2.45, 2.75) is 25.8 Å². The van der Waals surface area contributed by atoms with E-state index < -0.39 is 5.82 Å². The van der Waals surface area contributed by atoms with Gasteiger partial charge in [0.1, 0.15) is 5.82 Å². The van der Waals surface area contributed by atoms with Gasteiger partial charge in [0.2, 0.25) is 11.8 Å². The number of anilines is 1. The van der Waals surface area contributed by atoms with Crippen molar-refractivity contribution in [2.24, 2.45) is 4.99 Å². The Morgan fingerprint density at radius 3 is 2.81 bits per heavy atom. The molecule has 7 nitrogen and oxygen atoms in total. The van der Waals surface area contributed by atoms with Crippen molar-refractivity contribution in [3.8, 4) is 0 Å². The van der Waals surface area contributed by atoms with Crippen molar-refractivity contribution in [1.29, 1.82) is 0 Å². The number of nitrogens with zero attached hydrogens (tertiary/aromatic N) is 2. The highest BCUT2D eigenvalue weighted by Crippen LogP contribution is 2.10. The number of hydrogen-bond donors (Lipinski definition) is 3. The number of likely N-dealkylation sites (tertiary alicyclic amines) is 1. The zero-order valence-electron chi connectivity index (χ0n) is 14.9. The van der Waals surface area contributed by atoms with Crippen LogP contribution in [0.5, 0.6) is 0 Å². The normalized spacial score (nSPS) is 16.7. The van der Waals surface area contributed by atoms with Crippen LogP contribution in [0.15, 0.2) is 29.3 Å². The van der Waals surface area contributed by atoms with Crippen molar-refractivity contribution in [1.82, 2.24) is 15.5 Å². The van der Waals surface area contributed by atoms with Crippen LogP contribution in [-0.4, -0.2) is 55.4 Å². The van der Waals surface area contributed by atoms with E-state index in [-0.39, 0.29) is 48.4 Å². The Hall–Kier alpha value is -1.91. The molecule has 1 aliphatic heterocycles.